The SMILES string of the molecule is Cc1ccc2cccc([O][Al]([O]c3cccc4ccc(C)nc34)[O]C3CCC(C4CCC(N(C)C5CCCCC5)CC4)CC3)c2n1. The molecule has 0 bridgehead atoms. The standard InChI is InChI=1S/C19H34NO.2C10H9NO.Al/c1-20(17-5-3-2-4-6-17)18-11-7-15(8-12-18)16-9-13-19(21)14-10-16;2*1-7-5-6-8-3-2-4-9(12)10(8)11-7;/h15-19H,2-14H2,1H3;2*2-6,12H,1H3;/q-1;;;+3/p-2. The normalized spacial score (nSPS) is 24.3. The molecule has 0 N–H and O–H groups in total. The van der Waals surface area contributed by atoms with Gasteiger partial charge in [0.05, 0.1) is 0 Å². The van der Waals surface area contributed by atoms with Crippen LogP contribution in [0.2, 0.25) is 0 Å². The van der Waals surface area contributed by atoms with Crippen LogP contribution in [0.15, 0.2) is 60.7 Å². The Morgan fingerprint density at radius 1 is 0.587 bits per heavy atom. The highest BCUT2D eigenvalue weighted by Gasteiger charge is 2.44. The van der Waals surface area contributed by atoms with Crippen LogP contribution in [0.5, 0.6) is 11.5 Å². The van der Waals surface area contributed by atoms with Crippen molar-refractivity contribution in [2.24, 2.45) is 11.8 Å². The van der Waals surface area contributed by atoms with E-state index in [1.807, 2.05) is 50.2 Å². The van der Waals surface area contributed by atoms with Crippen molar-refractivity contribution in [1.29, 1.82) is 0 Å². The van der Waals surface area contributed by atoms with Gasteiger partial charge in [-0.15, -0.1) is 0 Å². The molecular weight excluding hydrogens is 585 g/mol. The fourth-order valence-corrected chi connectivity index (χ4v) is 10.1. The third-order valence-electron chi connectivity index (χ3n) is 11.2. The van der Waals surface area contributed by atoms with Crippen molar-refractivity contribution >= 4 is 37.0 Å². The van der Waals surface area contributed by atoms with Crippen molar-refractivity contribution < 1.29 is 11.4 Å². The predicted molar refractivity (Wildman–Crippen MR) is 187 cm³/mol. The molecule has 7 rings (SSSR count). The van der Waals surface area contributed by atoms with Crippen LogP contribution in [0, 0.1) is 25.7 Å². The third-order valence-corrected chi connectivity index (χ3v) is 12.7. The minimum absolute atomic E-state index is 0.149. The largest absolute Gasteiger partial charge is 1.10 e. The highest BCUT2D eigenvalue weighted by molar-refractivity contribution is 6.39. The molecule has 0 amide bonds. The molecule has 3 aliphatic carbocycles. The first-order valence-corrected chi connectivity index (χ1v) is 19.3. The number of fused-ring (bicyclic) bond motifs is 2. The van der Waals surface area contributed by atoms with Gasteiger partial charge in [-0.3, -0.25) is 0 Å². The summed E-state index contributed by atoms with van der Waals surface area (Å²) in [6.45, 7) is 4.03. The first kappa shape index (κ1) is 31.9. The van der Waals surface area contributed by atoms with Gasteiger partial charge in [0.15, 0.2) is 0 Å². The predicted octanol–water partition coefficient (Wildman–Crippen LogP) is 9.24. The van der Waals surface area contributed by atoms with Gasteiger partial charge in [-0.2, -0.15) is 0 Å². The lowest BCUT2D eigenvalue weighted by molar-refractivity contribution is 0.0499. The number of rotatable bonds is 9. The van der Waals surface area contributed by atoms with Gasteiger partial charge in [0, 0.05) is 40.3 Å². The molecule has 0 unspecified atom stereocenters. The van der Waals surface area contributed by atoms with E-state index in [1.54, 1.807) is 0 Å². The smallest absolute Gasteiger partial charge is 0.587 e. The summed E-state index contributed by atoms with van der Waals surface area (Å²) >= 11 is -2.68. The summed E-state index contributed by atoms with van der Waals surface area (Å²) in [6, 6.07) is 22.1. The quantitative estimate of drug-likeness (QED) is 0.171. The second kappa shape index (κ2) is 14.6. The van der Waals surface area contributed by atoms with Crippen molar-refractivity contribution in [2.45, 2.75) is 116 Å². The fourth-order valence-electron chi connectivity index (χ4n) is 8.53. The maximum atomic E-state index is 6.84. The maximum Gasteiger partial charge on any atom is 1.10 e. The molecule has 46 heavy (non-hydrogen) atoms. The van der Waals surface area contributed by atoms with Gasteiger partial charge in [0.1, 0.15) is 22.5 Å². The van der Waals surface area contributed by atoms with Crippen LogP contribution >= 0.6 is 0 Å². The van der Waals surface area contributed by atoms with Crippen LogP contribution in [0.3, 0.4) is 0 Å². The fraction of sp³-hybridized carbons (Fsp3) is 0.538. The number of hydrogen-bond acceptors (Lipinski definition) is 6. The molecule has 2 aromatic heterocycles. The Kier molecular flexibility index (Phi) is 10.1. The Labute approximate surface area is 280 Å². The van der Waals surface area contributed by atoms with Gasteiger partial charge in [0.25, 0.3) is 0 Å². The molecule has 2 heterocycles. The molecule has 2 aromatic carbocycles. The molecule has 0 radical (unpaired) electrons. The highest BCUT2D eigenvalue weighted by Crippen LogP contribution is 2.41. The summed E-state index contributed by atoms with van der Waals surface area (Å²) in [7, 11) is 2.42. The van der Waals surface area contributed by atoms with Gasteiger partial charge in [-0.05, 0) is 121 Å². The Morgan fingerprint density at radius 2 is 1.09 bits per heavy atom. The Balaban J connectivity index is 1.02. The van der Waals surface area contributed by atoms with E-state index in [0.717, 1.165) is 81.5 Å². The van der Waals surface area contributed by atoms with E-state index in [4.69, 9.17) is 21.3 Å². The van der Waals surface area contributed by atoms with Crippen molar-refractivity contribution in [3.8, 4) is 11.5 Å². The van der Waals surface area contributed by atoms with Crippen LogP contribution in [0.4, 0.5) is 0 Å². The Hall–Kier alpha value is -2.69. The van der Waals surface area contributed by atoms with Crippen molar-refractivity contribution in [3.05, 3.63) is 72.1 Å². The summed E-state index contributed by atoms with van der Waals surface area (Å²) in [4.78, 5) is 12.4. The van der Waals surface area contributed by atoms with E-state index in [0.29, 0.717) is 0 Å². The van der Waals surface area contributed by atoms with E-state index in [2.05, 4.69) is 36.2 Å². The zero-order valence-corrected chi connectivity index (χ0v) is 29.2. The third kappa shape index (κ3) is 7.39. The lowest BCUT2D eigenvalue weighted by Crippen LogP contribution is -2.44. The average Bonchev–Trinajstić information content (AvgIpc) is 3.09. The summed E-state index contributed by atoms with van der Waals surface area (Å²) in [6.07, 6.45) is 17.4. The van der Waals surface area contributed by atoms with Crippen molar-refractivity contribution in [3.63, 3.8) is 0 Å². The molecule has 6 nitrogen and oxygen atoms in total. The van der Waals surface area contributed by atoms with Crippen LogP contribution in [0.25, 0.3) is 21.8 Å². The van der Waals surface area contributed by atoms with Crippen LogP contribution in [-0.4, -0.2) is 55.3 Å². The number of benzene rings is 2. The molecule has 3 saturated carbocycles. The van der Waals surface area contributed by atoms with Gasteiger partial charge >= 0.3 is 15.1 Å². The van der Waals surface area contributed by atoms with Gasteiger partial charge in [-0.25, -0.2) is 9.97 Å². The van der Waals surface area contributed by atoms with Gasteiger partial charge < -0.3 is 16.3 Å². The second-order valence-electron chi connectivity index (χ2n) is 14.3. The monoisotopic (exact) mass is 635 g/mol. The number of hydrogen-bond donors (Lipinski definition) is 0. The number of aromatic nitrogens is 2. The molecule has 0 spiro atoms. The minimum atomic E-state index is -2.68. The van der Waals surface area contributed by atoms with Crippen molar-refractivity contribution in [1.82, 2.24) is 14.9 Å². The van der Waals surface area contributed by atoms with E-state index in [-0.39, 0.29) is 6.10 Å². The van der Waals surface area contributed by atoms with Crippen LogP contribution in [0.1, 0.15) is 94.9 Å². The number of para-hydroxylation sites is 2. The van der Waals surface area contributed by atoms with Gasteiger partial charge in [0.2, 0.25) is 0 Å². The Morgan fingerprint density at radius 3 is 1.63 bits per heavy atom. The van der Waals surface area contributed by atoms with E-state index in [9.17, 15) is 0 Å². The molecule has 0 atom stereocenters. The first-order valence-electron chi connectivity index (χ1n) is 17.9. The zero-order valence-electron chi connectivity index (χ0n) is 28.0. The molecule has 3 fully saturated rings. The minimum Gasteiger partial charge on any atom is -0.587 e. The Bertz CT molecular complexity index is 1520. The summed E-state index contributed by atoms with van der Waals surface area (Å²) in [5.74, 6) is 3.14. The molecule has 0 aliphatic heterocycles. The van der Waals surface area contributed by atoms with E-state index in [1.165, 1.54) is 70.6 Å². The number of pyridine rings is 2. The van der Waals surface area contributed by atoms with E-state index >= 15 is 0 Å². The molecule has 242 valence electrons. The summed E-state index contributed by atoms with van der Waals surface area (Å²) in [5, 5.41) is 2.11. The number of nitrogens with zero attached hydrogens (tertiary/aromatic N) is 3. The van der Waals surface area contributed by atoms with E-state index < -0.39 is 15.1 Å². The number of aryl methyl sites for hydroxylation is 2. The van der Waals surface area contributed by atoms with Crippen molar-refractivity contribution in [2.75, 3.05) is 7.05 Å². The lowest BCUT2D eigenvalue weighted by atomic mass is 9.71. The molecule has 7 heteroatoms. The highest BCUT2D eigenvalue weighted by atomic mass is 27.3. The molecule has 3 aliphatic rings. The van der Waals surface area contributed by atoms with Crippen LogP contribution in [-0.2, 0) is 3.79 Å². The average molecular weight is 636 g/mol. The van der Waals surface area contributed by atoms with Crippen LogP contribution < -0.4 is 7.58 Å². The maximum absolute atomic E-state index is 6.84. The first-order chi connectivity index (χ1) is 22.5. The zero-order chi connectivity index (χ0) is 31.5. The summed E-state index contributed by atoms with van der Waals surface area (Å²) < 4.78 is 20.2. The van der Waals surface area contributed by atoms with Gasteiger partial charge in [-0.1, -0.05) is 55.7 Å². The molecule has 0 saturated heterocycles. The molecule has 4 aromatic rings. The molecular formula is C39H50AlN3O3. The lowest BCUT2D eigenvalue weighted by Gasteiger charge is -2.43. The second-order valence-corrected chi connectivity index (χ2v) is 15.6. The summed E-state index contributed by atoms with van der Waals surface area (Å²) in [5.41, 5.74) is 3.63. The topological polar surface area (TPSA) is 56.7 Å².